The van der Waals surface area contributed by atoms with Crippen LogP contribution in [0, 0.1) is 5.92 Å². The molecule has 0 atom stereocenters. The van der Waals surface area contributed by atoms with E-state index in [1.807, 2.05) is 0 Å². The minimum absolute atomic E-state index is 0.113. The molecule has 0 saturated heterocycles. The number of hydrogen-bond donors (Lipinski definition) is 0. The third-order valence-corrected chi connectivity index (χ3v) is 8.39. The second-order valence-corrected chi connectivity index (χ2v) is 9.98. The Morgan fingerprint density at radius 1 is 0.867 bits per heavy atom. The Kier molecular flexibility index (Phi) is 5.83. The lowest BCUT2D eigenvalue weighted by atomic mass is 10.1. The van der Waals surface area contributed by atoms with Gasteiger partial charge in [0.25, 0.3) is 0 Å². The summed E-state index contributed by atoms with van der Waals surface area (Å²) in [5.74, 6) is 0.841. The summed E-state index contributed by atoms with van der Waals surface area (Å²) >= 11 is 0. The Labute approximate surface area is 99.0 Å². The van der Waals surface area contributed by atoms with Crippen LogP contribution in [0.4, 0.5) is 0 Å². The van der Waals surface area contributed by atoms with Crippen molar-refractivity contribution < 1.29 is 0 Å². The van der Waals surface area contributed by atoms with E-state index in [4.69, 9.17) is 0 Å². The molecule has 0 spiro atoms. The molecule has 0 N–H and O–H groups in total. The zero-order valence-electron chi connectivity index (χ0n) is 12.1. The van der Waals surface area contributed by atoms with E-state index in [1.54, 1.807) is 0 Å². The van der Waals surface area contributed by atoms with Gasteiger partial charge in [-0.3, -0.25) is 0 Å². The molecule has 1 heteroatoms. The van der Waals surface area contributed by atoms with Crippen LogP contribution in [0.1, 0.15) is 68.2 Å². The van der Waals surface area contributed by atoms with Crippen LogP contribution in [0.3, 0.4) is 0 Å². The van der Waals surface area contributed by atoms with Gasteiger partial charge in [0.15, 0.2) is 0 Å². The average Bonchev–Trinajstić information content (AvgIpc) is 2.13. The quantitative estimate of drug-likeness (QED) is 0.528. The number of rotatable bonds is 6. The summed E-state index contributed by atoms with van der Waals surface area (Å²) in [7, 11) is 0.113. The fraction of sp³-hybridized carbons (Fsp3) is 1.00. The summed E-state index contributed by atoms with van der Waals surface area (Å²) in [5, 5.41) is 1.08. The van der Waals surface area contributed by atoms with Crippen LogP contribution in [0.15, 0.2) is 0 Å². The van der Waals surface area contributed by atoms with E-state index in [9.17, 15) is 0 Å². The summed E-state index contributed by atoms with van der Waals surface area (Å²) in [6, 6.07) is 0. The summed E-state index contributed by atoms with van der Waals surface area (Å²) < 4.78 is 0. The highest BCUT2D eigenvalue weighted by molar-refractivity contribution is 7.60. The molecule has 0 bridgehead atoms. The molecule has 0 aliphatic heterocycles. The van der Waals surface area contributed by atoms with Crippen molar-refractivity contribution in [2.24, 2.45) is 5.92 Å². The van der Waals surface area contributed by atoms with Crippen molar-refractivity contribution in [3.63, 3.8) is 0 Å². The SMILES string of the molecule is CCC(C)(C)P(CC(C)C)C(C)(C)CC. The van der Waals surface area contributed by atoms with Crippen molar-refractivity contribution in [1.29, 1.82) is 0 Å². The van der Waals surface area contributed by atoms with Gasteiger partial charge in [0, 0.05) is 0 Å². The van der Waals surface area contributed by atoms with Crippen LogP contribution in [0.2, 0.25) is 0 Å². The van der Waals surface area contributed by atoms with Crippen LogP contribution in [0.5, 0.6) is 0 Å². The van der Waals surface area contributed by atoms with E-state index in [-0.39, 0.29) is 7.92 Å². The molecule has 15 heavy (non-hydrogen) atoms. The zero-order valence-corrected chi connectivity index (χ0v) is 13.0. The van der Waals surface area contributed by atoms with Gasteiger partial charge in [-0.25, -0.2) is 0 Å². The van der Waals surface area contributed by atoms with Crippen molar-refractivity contribution in [2.75, 3.05) is 6.16 Å². The Hall–Kier alpha value is 0.430. The van der Waals surface area contributed by atoms with E-state index in [2.05, 4.69) is 55.4 Å². The van der Waals surface area contributed by atoms with Crippen molar-refractivity contribution >= 4 is 7.92 Å². The first-order valence-electron chi connectivity index (χ1n) is 6.45. The smallest absolute Gasteiger partial charge is 0.0149 e. The largest absolute Gasteiger partial charge is 0.0948 e. The van der Waals surface area contributed by atoms with Crippen molar-refractivity contribution in [1.82, 2.24) is 0 Å². The summed E-state index contributed by atoms with van der Waals surface area (Å²) in [6.45, 7) is 19.3. The molecular weight excluding hydrogens is 199 g/mol. The second-order valence-electron chi connectivity index (χ2n) is 6.34. The molecule has 0 aromatic carbocycles. The van der Waals surface area contributed by atoms with E-state index < -0.39 is 0 Å². The van der Waals surface area contributed by atoms with E-state index in [1.165, 1.54) is 19.0 Å². The van der Waals surface area contributed by atoms with Crippen LogP contribution in [-0.4, -0.2) is 16.5 Å². The van der Waals surface area contributed by atoms with Crippen molar-refractivity contribution in [3.8, 4) is 0 Å². The van der Waals surface area contributed by atoms with Gasteiger partial charge in [-0.2, -0.15) is 0 Å². The molecule has 0 heterocycles. The highest BCUT2D eigenvalue weighted by Crippen LogP contribution is 2.62. The Morgan fingerprint density at radius 3 is 1.40 bits per heavy atom. The van der Waals surface area contributed by atoms with E-state index in [0.717, 1.165) is 5.92 Å². The van der Waals surface area contributed by atoms with Gasteiger partial charge in [0.05, 0.1) is 0 Å². The van der Waals surface area contributed by atoms with Crippen LogP contribution < -0.4 is 0 Å². The van der Waals surface area contributed by atoms with Gasteiger partial charge in [-0.1, -0.05) is 63.3 Å². The predicted octanol–water partition coefficient (Wildman–Crippen LogP) is 5.50. The third-order valence-electron chi connectivity index (χ3n) is 3.74. The Bertz CT molecular complexity index is 164. The fourth-order valence-electron chi connectivity index (χ4n) is 2.06. The molecule has 92 valence electrons. The molecule has 0 unspecified atom stereocenters. The Morgan fingerprint density at radius 2 is 1.20 bits per heavy atom. The first kappa shape index (κ1) is 15.4. The van der Waals surface area contributed by atoms with Crippen LogP contribution in [0.25, 0.3) is 0 Å². The minimum Gasteiger partial charge on any atom is -0.0948 e. The van der Waals surface area contributed by atoms with Gasteiger partial charge in [0.1, 0.15) is 0 Å². The first-order valence-corrected chi connectivity index (χ1v) is 7.97. The molecular formula is C14H31P. The predicted molar refractivity (Wildman–Crippen MR) is 75.4 cm³/mol. The monoisotopic (exact) mass is 230 g/mol. The maximum atomic E-state index is 2.47. The molecule has 0 fully saturated rings. The molecule has 0 nitrogen and oxygen atoms in total. The molecule has 0 aliphatic carbocycles. The van der Waals surface area contributed by atoms with Gasteiger partial charge in [-0.15, -0.1) is 0 Å². The highest BCUT2D eigenvalue weighted by Gasteiger charge is 2.37. The lowest BCUT2D eigenvalue weighted by Gasteiger charge is -2.46. The molecule has 0 amide bonds. The minimum atomic E-state index is 0.113. The van der Waals surface area contributed by atoms with Gasteiger partial charge in [0.2, 0.25) is 0 Å². The van der Waals surface area contributed by atoms with Gasteiger partial charge < -0.3 is 0 Å². The molecule has 0 radical (unpaired) electrons. The first-order chi connectivity index (χ1) is 6.67. The maximum absolute atomic E-state index is 2.47. The zero-order chi connectivity index (χ0) is 12.3. The molecule has 0 aromatic heterocycles. The molecule has 0 aliphatic rings. The van der Waals surface area contributed by atoms with Crippen LogP contribution in [-0.2, 0) is 0 Å². The molecule has 0 aromatic rings. The molecule has 0 rings (SSSR count). The van der Waals surface area contributed by atoms with Gasteiger partial charge >= 0.3 is 0 Å². The maximum Gasteiger partial charge on any atom is -0.0149 e. The van der Waals surface area contributed by atoms with Crippen LogP contribution >= 0.6 is 7.92 Å². The van der Waals surface area contributed by atoms with E-state index in [0.29, 0.717) is 10.3 Å². The standard InChI is InChI=1S/C14H31P/c1-9-13(5,6)15(11-12(3)4)14(7,8)10-2/h12H,9-11H2,1-8H3. The lowest BCUT2D eigenvalue weighted by molar-refractivity contribution is 0.589. The van der Waals surface area contributed by atoms with E-state index >= 15 is 0 Å². The summed E-state index contributed by atoms with van der Waals surface area (Å²) in [5.41, 5.74) is 0. The van der Waals surface area contributed by atoms with Crippen molar-refractivity contribution in [3.05, 3.63) is 0 Å². The molecule has 0 saturated carbocycles. The van der Waals surface area contributed by atoms with Crippen molar-refractivity contribution in [2.45, 2.75) is 78.5 Å². The normalized spacial score (nSPS) is 14.0. The Balaban J connectivity index is 4.89. The number of hydrogen-bond acceptors (Lipinski definition) is 0. The van der Waals surface area contributed by atoms with Gasteiger partial charge in [-0.05, 0) is 35.2 Å². The summed E-state index contributed by atoms with van der Waals surface area (Å²) in [6.07, 6.45) is 4.06. The second kappa shape index (κ2) is 5.67. The highest BCUT2D eigenvalue weighted by atomic mass is 31.1. The fourth-order valence-corrected chi connectivity index (χ4v) is 6.18. The topological polar surface area (TPSA) is 0 Å². The summed E-state index contributed by atoms with van der Waals surface area (Å²) in [4.78, 5) is 0. The average molecular weight is 230 g/mol. The third kappa shape index (κ3) is 4.43. The lowest BCUT2D eigenvalue weighted by Crippen LogP contribution is -2.31.